The lowest BCUT2D eigenvalue weighted by molar-refractivity contribution is 0.261. The van der Waals surface area contributed by atoms with Crippen LogP contribution in [0.1, 0.15) is 33.6 Å². The van der Waals surface area contributed by atoms with Gasteiger partial charge in [0.15, 0.2) is 5.11 Å². The maximum Gasteiger partial charge on any atom is 0.169 e. The van der Waals surface area contributed by atoms with E-state index >= 15 is 0 Å². The van der Waals surface area contributed by atoms with Crippen LogP contribution in [0.5, 0.6) is 0 Å². The summed E-state index contributed by atoms with van der Waals surface area (Å²) in [6.07, 6.45) is 2.36. The Morgan fingerprint density at radius 3 is 2.69 bits per heavy atom. The molecule has 1 N–H and O–H groups in total. The average Bonchev–Trinajstić information content (AvgIpc) is 2.38. The van der Waals surface area contributed by atoms with Crippen molar-refractivity contribution in [2.45, 2.75) is 45.7 Å². The van der Waals surface area contributed by atoms with Gasteiger partial charge in [-0.25, -0.2) is 0 Å². The largest absolute Gasteiger partial charge is 0.360 e. The number of rotatable bonds is 2. The van der Waals surface area contributed by atoms with Crippen LogP contribution in [0, 0.1) is 0 Å². The van der Waals surface area contributed by atoms with E-state index in [4.69, 9.17) is 12.2 Å². The molecule has 3 nitrogen and oxygen atoms in total. The van der Waals surface area contributed by atoms with Crippen LogP contribution < -0.4 is 5.32 Å². The van der Waals surface area contributed by atoms with Crippen molar-refractivity contribution in [3.05, 3.63) is 0 Å². The minimum absolute atomic E-state index is 0.422. The molecule has 1 rings (SSSR count). The molecule has 0 amide bonds. The maximum atomic E-state index is 5.49. The van der Waals surface area contributed by atoms with Crippen LogP contribution in [-0.2, 0) is 0 Å². The predicted molar refractivity (Wildman–Crippen MR) is 73.8 cm³/mol. The molecule has 0 aromatic rings. The minimum Gasteiger partial charge on any atom is -0.360 e. The Labute approximate surface area is 105 Å². The number of likely N-dealkylation sites (N-methyl/N-ethyl adjacent to an activating group) is 1. The highest BCUT2D eigenvalue weighted by Crippen LogP contribution is 2.12. The molecule has 0 aromatic carbocycles. The highest BCUT2D eigenvalue weighted by molar-refractivity contribution is 7.80. The summed E-state index contributed by atoms with van der Waals surface area (Å²) in [5.74, 6) is 0. The van der Waals surface area contributed by atoms with Crippen molar-refractivity contribution in [2.24, 2.45) is 0 Å². The van der Waals surface area contributed by atoms with Gasteiger partial charge in [0.1, 0.15) is 0 Å². The van der Waals surface area contributed by atoms with Gasteiger partial charge in [0.2, 0.25) is 0 Å². The van der Waals surface area contributed by atoms with Gasteiger partial charge >= 0.3 is 0 Å². The molecule has 1 unspecified atom stereocenters. The molecule has 16 heavy (non-hydrogen) atoms. The first-order valence-electron chi connectivity index (χ1n) is 6.30. The molecular formula is C12H25N3S. The Kier molecular flexibility index (Phi) is 5.49. The van der Waals surface area contributed by atoms with E-state index in [1.807, 2.05) is 0 Å². The van der Waals surface area contributed by atoms with Gasteiger partial charge in [0.25, 0.3) is 0 Å². The second-order valence-corrected chi connectivity index (χ2v) is 5.36. The summed E-state index contributed by atoms with van der Waals surface area (Å²) in [5, 5.41) is 4.29. The van der Waals surface area contributed by atoms with Crippen molar-refractivity contribution in [2.75, 3.05) is 26.7 Å². The van der Waals surface area contributed by atoms with Gasteiger partial charge in [-0.1, -0.05) is 6.92 Å². The topological polar surface area (TPSA) is 18.5 Å². The lowest BCUT2D eigenvalue weighted by Crippen LogP contribution is -2.49. The summed E-state index contributed by atoms with van der Waals surface area (Å²) >= 11 is 5.49. The van der Waals surface area contributed by atoms with E-state index in [-0.39, 0.29) is 0 Å². The van der Waals surface area contributed by atoms with Crippen LogP contribution in [0.25, 0.3) is 0 Å². The third kappa shape index (κ3) is 3.91. The summed E-state index contributed by atoms with van der Waals surface area (Å²) in [5.41, 5.74) is 0. The summed E-state index contributed by atoms with van der Waals surface area (Å²) in [6.45, 7) is 9.90. The molecule has 1 saturated heterocycles. The first-order chi connectivity index (χ1) is 7.54. The van der Waals surface area contributed by atoms with Gasteiger partial charge in [-0.3, -0.25) is 0 Å². The molecule has 1 aliphatic heterocycles. The van der Waals surface area contributed by atoms with Gasteiger partial charge in [0.05, 0.1) is 0 Å². The van der Waals surface area contributed by atoms with E-state index in [2.05, 4.69) is 42.9 Å². The number of thiocarbonyl (C=S) groups is 1. The molecule has 0 spiro atoms. The second-order valence-electron chi connectivity index (χ2n) is 4.98. The van der Waals surface area contributed by atoms with Crippen molar-refractivity contribution in [3.8, 4) is 0 Å². The first kappa shape index (κ1) is 13.7. The van der Waals surface area contributed by atoms with Crippen LogP contribution in [0.15, 0.2) is 0 Å². The molecule has 0 aromatic heterocycles. The molecule has 1 atom stereocenters. The van der Waals surface area contributed by atoms with Gasteiger partial charge in [-0.2, -0.15) is 0 Å². The second kappa shape index (κ2) is 6.40. The highest BCUT2D eigenvalue weighted by atomic mass is 32.1. The Balaban J connectivity index is 2.63. The molecule has 1 fully saturated rings. The maximum absolute atomic E-state index is 5.49. The monoisotopic (exact) mass is 243 g/mol. The van der Waals surface area contributed by atoms with Gasteiger partial charge in [0, 0.05) is 25.2 Å². The fraction of sp³-hybridized carbons (Fsp3) is 0.917. The Morgan fingerprint density at radius 2 is 2.12 bits per heavy atom. The molecule has 94 valence electrons. The molecular weight excluding hydrogens is 218 g/mol. The van der Waals surface area contributed by atoms with E-state index in [9.17, 15) is 0 Å². The van der Waals surface area contributed by atoms with Crippen molar-refractivity contribution >= 4 is 17.3 Å². The van der Waals surface area contributed by atoms with Crippen molar-refractivity contribution in [3.63, 3.8) is 0 Å². The molecule has 0 saturated carbocycles. The number of nitrogens with zero attached hydrogens (tertiary/aromatic N) is 2. The van der Waals surface area contributed by atoms with E-state index < -0.39 is 0 Å². The zero-order valence-electron chi connectivity index (χ0n) is 11.0. The fourth-order valence-corrected chi connectivity index (χ4v) is 2.67. The van der Waals surface area contributed by atoms with Crippen molar-refractivity contribution < 1.29 is 0 Å². The van der Waals surface area contributed by atoms with E-state index in [0.717, 1.165) is 24.6 Å². The zero-order chi connectivity index (χ0) is 12.1. The standard InChI is InChI=1S/C12H25N3S/c1-5-11-9-14(4)7-6-8-15(11)12(16)13-10(2)3/h10-11H,5-9H2,1-4H3,(H,13,16). The fourth-order valence-electron chi connectivity index (χ4n) is 2.19. The zero-order valence-corrected chi connectivity index (χ0v) is 11.8. The van der Waals surface area contributed by atoms with E-state index in [0.29, 0.717) is 12.1 Å². The summed E-state index contributed by atoms with van der Waals surface area (Å²) in [6, 6.07) is 0.984. The average molecular weight is 243 g/mol. The van der Waals surface area contributed by atoms with Crippen LogP contribution >= 0.6 is 12.2 Å². The molecule has 0 bridgehead atoms. The van der Waals surface area contributed by atoms with Crippen LogP contribution in [0.2, 0.25) is 0 Å². The molecule has 4 heteroatoms. The highest BCUT2D eigenvalue weighted by Gasteiger charge is 2.23. The van der Waals surface area contributed by atoms with E-state index in [1.54, 1.807) is 0 Å². The summed E-state index contributed by atoms with van der Waals surface area (Å²) < 4.78 is 0. The SMILES string of the molecule is CCC1CN(C)CCCN1C(=S)NC(C)C. The van der Waals surface area contributed by atoms with Gasteiger partial charge < -0.3 is 15.1 Å². The third-order valence-corrected chi connectivity index (χ3v) is 3.40. The Hall–Kier alpha value is -0.350. The Morgan fingerprint density at radius 1 is 1.44 bits per heavy atom. The first-order valence-corrected chi connectivity index (χ1v) is 6.71. The molecule has 1 heterocycles. The normalized spacial score (nSPS) is 23.3. The third-order valence-electron chi connectivity index (χ3n) is 3.05. The lowest BCUT2D eigenvalue weighted by Gasteiger charge is -2.33. The minimum atomic E-state index is 0.422. The van der Waals surface area contributed by atoms with Crippen LogP contribution in [0.3, 0.4) is 0 Å². The summed E-state index contributed by atoms with van der Waals surface area (Å²) in [4.78, 5) is 4.78. The molecule has 0 radical (unpaired) electrons. The van der Waals surface area contributed by atoms with Crippen LogP contribution in [-0.4, -0.2) is 53.7 Å². The summed E-state index contributed by atoms with van der Waals surface area (Å²) in [7, 11) is 2.20. The van der Waals surface area contributed by atoms with E-state index in [1.165, 1.54) is 13.0 Å². The number of nitrogens with one attached hydrogen (secondary N) is 1. The number of hydrogen-bond donors (Lipinski definition) is 1. The van der Waals surface area contributed by atoms with Crippen molar-refractivity contribution in [1.82, 2.24) is 15.1 Å². The predicted octanol–water partition coefficient (Wildman–Crippen LogP) is 1.69. The smallest absolute Gasteiger partial charge is 0.169 e. The van der Waals surface area contributed by atoms with Crippen LogP contribution in [0.4, 0.5) is 0 Å². The van der Waals surface area contributed by atoms with Gasteiger partial charge in [-0.05, 0) is 52.5 Å². The van der Waals surface area contributed by atoms with Crippen molar-refractivity contribution in [1.29, 1.82) is 0 Å². The van der Waals surface area contributed by atoms with Gasteiger partial charge in [-0.15, -0.1) is 0 Å². The lowest BCUT2D eigenvalue weighted by atomic mass is 10.2. The Bertz CT molecular complexity index is 230. The quantitative estimate of drug-likeness (QED) is 0.744. The number of hydrogen-bond acceptors (Lipinski definition) is 2. The molecule has 1 aliphatic rings. The molecule has 0 aliphatic carbocycles.